The third kappa shape index (κ3) is 1.80. The molecule has 0 aliphatic carbocycles. The molecule has 0 spiro atoms. The second kappa shape index (κ2) is 3.53. The predicted octanol–water partition coefficient (Wildman–Crippen LogP) is 1.35. The standard InChI is InChI=1S/C8H15N3/c1-4-8(10(2)3)11-6-5-9-7-11/h5-8H,4H2,1-3H3. The molecule has 3 nitrogen and oxygen atoms in total. The molecule has 0 bridgehead atoms. The van der Waals surface area contributed by atoms with E-state index < -0.39 is 0 Å². The van der Waals surface area contributed by atoms with Crippen molar-refractivity contribution in [1.82, 2.24) is 14.5 Å². The van der Waals surface area contributed by atoms with E-state index in [-0.39, 0.29) is 0 Å². The van der Waals surface area contributed by atoms with Crippen LogP contribution in [0.2, 0.25) is 0 Å². The smallest absolute Gasteiger partial charge is 0.0959 e. The van der Waals surface area contributed by atoms with Gasteiger partial charge in [-0.15, -0.1) is 0 Å². The van der Waals surface area contributed by atoms with Crippen molar-refractivity contribution in [3.05, 3.63) is 18.7 Å². The van der Waals surface area contributed by atoms with Gasteiger partial charge < -0.3 is 4.57 Å². The van der Waals surface area contributed by atoms with Crippen LogP contribution >= 0.6 is 0 Å². The zero-order chi connectivity index (χ0) is 8.27. The minimum atomic E-state index is 0.442. The van der Waals surface area contributed by atoms with Crippen molar-refractivity contribution in [2.45, 2.75) is 19.5 Å². The SMILES string of the molecule is CCC(N(C)C)n1ccnc1. The molecule has 1 aromatic heterocycles. The normalized spacial score (nSPS) is 13.8. The first-order valence-corrected chi connectivity index (χ1v) is 3.89. The van der Waals surface area contributed by atoms with Gasteiger partial charge in [-0.3, -0.25) is 4.90 Å². The van der Waals surface area contributed by atoms with Crippen molar-refractivity contribution in [1.29, 1.82) is 0 Å². The van der Waals surface area contributed by atoms with E-state index in [1.165, 1.54) is 0 Å². The molecule has 1 atom stereocenters. The highest BCUT2D eigenvalue weighted by Crippen LogP contribution is 2.11. The Hall–Kier alpha value is -0.830. The average Bonchev–Trinajstić information content (AvgIpc) is 2.40. The molecule has 0 N–H and O–H groups in total. The fourth-order valence-corrected chi connectivity index (χ4v) is 1.29. The van der Waals surface area contributed by atoms with Crippen molar-refractivity contribution >= 4 is 0 Å². The molecule has 0 aliphatic heterocycles. The van der Waals surface area contributed by atoms with Gasteiger partial charge in [0.05, 0.1) is 12.5 Å². The highest BCUT2D eigenvalue weighted by atomic mass is 15.3. The van der Waals surface area contributed by atoms with Crippen molar-refractivity contribution < 1.29 is 0 Å². The molecular formula is C8H15N3. The second-order valence-corrected chi connectivity index (χ2v) is 2.86. The number of hydrogen-bond donors (Lipinski definition) is 0. The summed E-state index contributed by atoms with van der Waals surface area (Å²) in [7, 11) is 4.16. The molecule has 0 amide bonds. The van der Waals surface area contributed by atoms with Gasteiger partial charge in [0.15, 0.2) is 0 Å². The molecular weight excluding hydrogens is 138 g/mol. The van der Waals surface area contributed by atoms with Crippen LogP contribution in [-0.2, 0) is 0 Å². The molecule has 1 aromatic rings. The fourth-order valence-electron chi connectivity index (χ4n) is 1.29. The van der Waals surface area contributed by atoms with Crippen LogP contribution in [0.3, 0.4) is 0 Å². The van der Waals surface area contributed by atoms with Crippen LogP contribution in [0.4, 0.5) is 0 Å². The molecule has 0 aliphatic rings. The van der Waals surface area contributed by atoms with Gasteiger partial charge in [-0.25, -0.2) is 4.98 Å². The Kier molecular flexibility index (Phi) is 2.65. The lowest BCUT2D eigenvalue weighted by molar-refractivity contribution is 0.210. The summed E-state index contributed by atoms with van der Waals surface area (Å²) in [4.78, 5) is 6.19. The first kappa shape index (κ1) is 8.27. The Morgan fingerprint density at radius 2 is 2.27 bits per heavy atom. The highest BCUT2D eigenvalue weighted by Gasteiger charge is 2.08. The summed E-state index contributed by atoms with van der Waals surface area (Å²) in [6, 6.07) is 0. The van der Waals surface area contributed by atoms with Gasteiger partial charge in [0, 0.05) is 12.4 Å². The number of aromatic nitrogens is 2. The monoisotopic (exact) mass is 153 g/mol. The first-order chi connectivity index (χ1) is 5.25. The summed E-state index contributed by atoms with van der Waals surface area (Å²) in [5.74, 6) is 0. The maximum absolute atomic E-state index is 4.01. The molecule has 1 rings (SSSR count). The number of imidazole rings is 1. The van der Waals surface area contributed by atoms with Crippen molar-refractivity contribution in [2.24, 2.45) is 0 Å². The Morgan fingerprint density at radius 3 is 2.64 bits per heavy atom. The molecule has 1 unspecified atom stereocenters. The number of rotatable bonds is 3. The largest absolute Gasteiger partial charge is 0.321 e. The minimum absolute atomic E-state index is 0.442. The Balaban J connectivity index is 2.71. The minimum Gasteiger partial charge on any atom is -0.321 e. The third-order valence-electron chi connectivity index (χ3n) is 1.83. The lowest BCUT2D eigenvalue weighted by atomic mass is 10.3. The van der Waals surface area contributed by atoms with Gasteiger partial charge in [-0.05, 0) is 20.5 Å². The summed E-state index contributed by atoms with van der Waals surface area (Å²) in [6.45, 7) is 2.17. The Morgan fingerprint density at radius 1 is 1.55 bits per heavy atom. The maximum Gasteiger partial charge on any atom is 0.0959 e. The summed E-state index contributed by atoms with van der Waals surface area (Å²) >= 11 is 0. The topological polar surface area (TPSA) is 21.1 Å². The summed E-state index contributed by atoms with van der Waals surface area (Å²) in [5, 5.41) is 0. The average molecular weight is 153 g/mol. The molecule has 0 radical (unpaired) electrons. The van der Waals surface area contributed by atoms with E-state index >= 15 is 0 Å². The van der Waals surface area contributed by atoms with Crippen LogP contribution in [0, 0.1) is 0 Å². The predicted molar refractivity (Wildman–Crippen MR) is 45.2 cm³/mol. The van der Waals surface area contributed by atoms with Gasteiger partial charge in [-0.1, -0.05) is 6.92 Å². The summed E-state index contributed by atoms with van der Waals surface area (Å²) in [5.41, 5.74) is 0. The molecule has 0 aromatic carbocycles. The van der Waals surface area contributed by atoms with Crippen LogP contribution < -0.4 is 0 Å². The molecule has 0 saturated carbocycles. The molecule has 3 heteroatoms. The van der Waals surface area contributed by atoms with E-state index in [1.54, 1.807) is 0 Å². The lowest BCUT2D eigenvalue weighted by Crippen LogP contribution is -2.23. The van der Waals surface area contributed by atoms with E-state index in [1.807, 2.05) is 18.7 Å². The summed E-state index contributed by atoms with van der Waals surface area (Å²) < 4.78 is 2.11. The summed E-state index contributed by atoms with van der Waals surface area (Å²) in [6.07, 6.45) is 7.20. The zero-order valence-electron chi connectivity index (χ0n) is 7.36. The highest BCUT2D eigenvalue weighted by molar-refractivity contribution is 4.78. The molecule has 62 valence electrons. The van der Waals surface area contributed by atoms with Crippen LogP contribution in [0.25, 0.3) is 0 Å². The quantitative estimate of drug-likeness (QED) is 0.653. The van der Waals surface area contributed by atoms with Crippen LogP contribution in [0.1, 0.15) is 19.5 Å². The van der Waals surface area contributed by atoms with Gasteiger partial charge in [0.2, 0.25) is 0 Å². The third-order valence-corrected chi connectivity index (χ3v) is 1.83. The van der Waals surface area contributed by atoms with Crippen molar-refractivity contribution in [2.75, 3.05) is 14.1 Å². The molecule has 0 fully saturated rings. The van der Waals surface area contributed by atoms with Gasteiger partial charge in [0.25, 0.3) is 0 Å². The van der Waals surface area contributed by atoms with Crippen LogP contribution in [-0.4, -0.2) is 28.5 Å². The van der Waals surface area contributed by atoms with E-state index in [2.05, 4.69) is 35.5 Å². The zero-order valence-corrected chi connectivity index (χ0v) is 7.36. The Bertz CT molecular complexity index is 191. The lowest BCUT2D eigenvalue weighted by Gasteiger charge is -2.23. The second-order valence-electron chi connectivity index (χ2n) is 2.86. The molecule has 0 saturated heterocycles. The number of hydrogen-bond acceptors (Lipinski definition) is 2. The van der Waals surface area contributed by atoms with E-state index in [0.29, 0.717) is 6.17 Å². The van der Waals surface area contributed by atoms with Crippen molar-refractivity contribution in [3.63, 3.8) is 0 Å². The number of nitrogens with zero attached hydrogens (tertiary/aromatic N) is 3. The van der Waals surface area contributed by atoms with Crippen LogP contribution in [0.5, 0.6) is 0 Å². The van der Waals surface area contributed by atoms with Crippen LogP contribution in [0.15, 0.2) is 18.7 Å². The van der Waals surface area contributed by atoms with E-state index in [0.717, 1.165) is 6.42 Å². The molecule has 1 heterocycles. The van der Waals surface area contributed by atoms with Gasteiger partial charge in [0.1, 0.15) is 0 Å². The fraction of sp³-hybridized carbons (Fsp3) is 0.625. The van der Waals surface area contributed by atoms with Gasteiger partial charge in [-0.2, -0.15) is 0 Å². The van der Waals surface area contributed by atoms with E-state index in [9.17, 15) is 0 Å². The Labute approximate surface area is 67.7 Å². The van der Waals surface area contributed by atoms with Gasteiger partial charge >= 0.3 is 0 Å². The molecule has 11 heavy (non-hydrogen) atoms. The maximum atomic E-state index is 4.01. The van der Waals surface area contributed by atoms with E-state index in [4.69, 9.17) is 0 Å². The first-order valence-electron chi connectivity index (χ1n) is 3.89. The van der Waals surface area contributed by atoms with Crippen molar-refractivity contribution in [3.8, 4) is 0 Å².